The van der Waals surface area contributed by atoms with Gasteiger partial charge in [-0.2, -0.15) is 0 Å². The zero-order valence-corrected chi connectivity index (χ0v) is 9.94. The normalized spacial score (nSPS) is 27.5. The van der Waals surface area contributed by atoms with Crippen molar-refractivity contribution in [1.82, 2.24) is 0 Å². The molecular weight excluding hydrogens is 168 g/mol. The van der Waals surface area contributed by atoms with Crippen molar-refractivity contribution in [3.63, 3.8) is 0 Å². The Labute approximate surface area is 73.0 Å². The van der Waals surface area contributed by atoms with Gasteiger partial charge in [-0.05, 0) is 31.7 Å². The zero-order chi connectivity index (χ0) is 8.32. The van der Waals surface area contributed by atoms with Crippen molar-refractivity contribution in [2.45, 2.75) is 51.0 Å². The van der Waals surface area contributed by atoms with Crippen LogP contribution in [0.5, 0.6) is 0 Å². The summed E-state index contributed by atoms with van der Waals surface area (Å²) >= 11 is 0. The second-order valence-corrected chi connectivity index (χ2v) is 10.9. The van der Waals surface area contributed by atoms with Gasteiger partial charge in [0.2, 0.25) is 0 Å². The fraction of sp³-hybridized carbons (Fsp3) is 1.00. The van der Waals surface area contributed by atoms with E-state index >= 15 is 0 Å². The minimum atomic E-state index is -1.19. The Morgan fingerprint density at radius 2 is 1.91 bits per heavy atom. The maximum absolute atomic E-state index is 6.12. The van der Waals surface area contributed by atoms with Crippen molar-refractivity contribution in [2.75, 3.05) is 0 Å². The minimum absolute atomic E-state index is 0.397. The Morgan fingerprint density at radius 1 is 1.18 bits per heavy atom. The van der Waals surface area contributed by atoms with Gasteiger partial charge in [0, 0.05) is 0 Å². The van der Waals surface area contributed by atoms with Gasteiger partial charge in [0.05, 0.1) is 0 Å². The third-order valence-corrected chi connectivity index (χ3v) is 8.48. The highest BCUT2D eigenvalue weighted by Gasteiger charge is 2.26. The van der Waals surface area contributed by atoms with Crippen molar-refractivity contribution in [3.05, 3.63) is 0 Å². The van der Waals surface area contributed by atoms with Gasteiger partial charge < -0.3 is 4.12 Å². The molecule has 1 aliphatic rings. The lowest BCUT2D eigenvalue weighted by atomic mass is 10.3. The van der Waals surface area contributed by atoms with Crippen LogP contribution in [0.4, 0.5) is 0 Å². The second kappa shape index (κ2) is 3.87. The lowest BCUT2D eigenvalue weighted by Gasteiger charge is -2.29. The largest absolute Gasteiger partial charge is 0.456 e. The molecular formula is C8H19OSi2. The monoisotopic (exact) mass is 187 g/mol. The smallest absolute Gasteiger partial charge is 0.194 e. The van der Waals surface area contributed by atoms with Gasteiger partial charge in [-0.1, -0.05) is 19.3 Å². The quantitative estimate of drug-likeness (QED) is 0.530. The second-order valence-electron chi connectivity index (χ2n) is 4.12. The third kappa shape index (κ3) is 3.53. The average molecular weight is 187 g/mol. The van der Waals surface area contributed by atoms with E-state index in [-0.39, 0.29) is 0 Å². The van der Waals surface area contributed by atoms with Crippen LogP contribution in [-0.2, 0) is 4.12 Å². The Hall–Kier alpha value is 0.394. The Kier molecular flexibility index (Phi) is 3.34. The van der Waals surface area contributed by atoms with E-state index in [4.69, 9.17) is 4.12 Å². The van der Waals surface area contributed by atoms with Crippen LogP contribution in [0.3, 0.4) is 0 Å². The van der Waals surface area contributed by atoms with Crippen LogP contribution in [0.2, 0.25) is 31.7 Å². The lowest BCUT2D eigenvalue weighted by Crippen LogP contribution is -2.37. The average Bonchev–Trinajstić information content (AvgIpc) is 1.82. The van der Waals surface area contributed by atoms with Crippen molar-refractivity contribution >= 4 is 17.4 Å². The van der Waals surface area contributed by atoms with E-state index in [0.29, 0.717) is 0 Å². The van der Waals surface area contributed by atoms with Crippen molar-refractivity contribution in [3.8, 4) is 0 Å². The SMILES string of the molecule is C[Si]1CCCCC[Si](C)(C)O1. The van der Waals surface area contributed by atoms with Gasteiger partial charge >= 0.3 is 0 Å². The first kappa shape index (κ1) is 9.48. The molecule has 11 heavy (non-hydrogen) atoms. The highest BCUT2D eigenvalue weighted by molar-refractivity contribution is 6.78. The molecule has 1 rings (SSSR count). The zero-order valence-electron chi connectivity index (χ0n) is 7.94. The molecule has 0 bridgehead atoms. The first-order valence-electron chi connectivity index (χ1n) is 4.62. The molecule has 1 radical (unpaired) electrons. The number of rotatable bonds is 0. The summed E-state index contributed by atoms with van der Waals surface area (Å²) in [5, 5.41) is 0. The van der Waals surface area contributed by atoms with Gasteiger partial charge in [0.1, 0.15) is 0 Å². The Bertz CT molecular complexity index is 125. The van der Waals surface area contributed by atoms with E-state index in [1.807, 2.05) is 0 Å². The molecule has 1 fully saturated rings. The van der Waals surface area contributed by atoms with Crippen LogP contribution in [0.25, 0.3) is 0 Å². The molecule has 1 nitrogen and oxygen atoms in total. The molecule has 65 valence electrons. The van der Waals surface area contributed by atoms with Crippen LogP contribution < -0.4 is 0 Å². The summed E-state index contributed by atoms with van der Waals surface area (Å²) < 4.78 is 6.12. The molecule has 0 unspecified atom stereocenters. The van der Waals surface area contributed by atoms with Crippen molar-refractivity contribution in [2.24, 2.45) is 0 Å². The highest BCUT2D eigenvalue weighted by atomic mass is 28.4. The highest BCUT2D eigenvalue weighted by Crippen LogP contribution is 2.22. The van der Waals surface area contributed by atoms with E-state index in [0.717, 1.165) is 0 Å². The fourth-order valence-corrected chi connectivity index (χ4v) is 8.11. The molecule has 0 amide bonds. The predicted molar refractivity (Wildman–Crippen MR) is 53.7 cm³/mol. The van der Waals surface area contributed by atoms with Crippen molar-refractivity contribution in [1.29, 1.82) is 0 Å². The summed E-state index contributed by atoms with van der Waals surface area (Å²) in [4.78, 5) is 0. The maximum atomic E-state index is 6.12. The summed E-state index contributed by atoms with van der Waals surface area (Å²) in [5.74, 6) is 0. The van der Waals surface area contributed by atoms with Gasteiger partial charge in [0.25, 0.3) is 0 Å². The number of hydrogen-bond donors (Lipinski definition) is 0. The molecule has 0 atom stereocenters. The van der Waals surface area contributed by atoms with Crippen LogP contribution in [0.1, 0.15) is 19.3 Å². The third-order valence-electron chi connectivity index (χ3n) is 2.26. The molecule has 3 heteroatoms. The summed E-state index contributed by atoms with van der Waals surface area (Å²) in [6, 6.07) is 2.76. The molecule has 0 aliphatic carbocycles. The first-order chi connectivity index (χ1) is 5.10. The van der Waals surface area contributed by atoms with E-state index < -0.39 is 17.4 Å². The Balaban J connectivity index is 2.42. The van der Waals surface area contributed by atoms with Gasteiger partial charge in [-0.15, -0.1) is 0 Å². The molecule has 0 aromatic heterocycles. The van der Waals surface area contributed by atoms with Crippen LogP contribution >= 0.6 is 0 Å². The van der Waals surface area contributed by atoms with E-state index in [2.05, 4.69) is 19.6 Å². The molecule has 0 spiro atoms. The van der Waals surface area contributed by atoms with Crippen LogP contribution in [-0.4, -0.2) is 17.4 Å². The van der Waals surface area contributed by atoms with E-state index in [9.17, 15) is 0 Å². The Morgan fingerprint density at radius 3 is 2.64 bits per heavy atom. The molecule has 1 saturated heterocycles. The topological polar surface area (TPSA) is 9.23 Å². The summed E-state index contributed by atoms with van der Waals surface area (Å²) in [6.45, 7) is 7.06. The van der Waals surface area contributed by atoms with Crippen molar-refractivity contribution < 1.29 is 4.12 Å². The first-order valence-corrected chi connectivity index (χ1v) is 9.85. The lowest BCUT2D eigenvalue weighted by molar-refractivity contribution is 0.533. The standard InChI is InChI=1S/C8H19OSi2/c1-10-7-5-4-6-8-11(2,3)9-10/h4-8H2,1-3H3. The number of hydrogen-bond acceptors (Lipinski definition) is 1. The van der Waals surface area contributed by atoms with Gasteiger partial charge in [-0.25, -0.2) is 0 Å². The molecule has 0 N–H and O–H groups in total. The van der Waals surface area contributed by atoms with Gasteiger partial charge in [0.15, 0.2) is 17.4 Å². The van der Waals surface area contributed by atoms with Crippen LogP contribution in [0.15, 0.2) is 0 Å². The molecule has 1 heterocycles. The van der Waals surface area contributed by atoms with E-state index in [1.165, 1.54) is 31.4 Å². The van der Waals surface area contributed by atoms with Crippen LogP contribution in [0, 0.1) is 0 Å². The summed E-state index contributed by atoms with van der Waals surface area (Å²) in [6.07, 6.45) is 4.27. The molecule has 0 aromatic carbocycles. The van der Waals surface area contributed by atoms with Gasteiger partial charge in [-0.3, -0.25) is 0 Å². The minimum Gasteiger partial charge on any atom is -0.456 e. The predicted octanol–water partition coefficient (Wildman–Crippen LogP) is 3.01. The summed E-state index contributed by atoms with van der Waals surface area (Å²) in [5.41, 5.74) is 0. The maximum Gasteiger partial charge on any atom is 0.194 e. The molecule has 1 aliphatic heterocycles. The molecule has 0 saturated carbocycles. The molecule has 0 aromatic rings. The summed E-state index contributed by atoms with van der Waals surface area (Å²) in [7, 11) is -1.59. The fourth-order valence-electron chi connectivity index (χ4n) is 1.68. The van der Waals surface area contributed by atoms with E-state index in [1.54, 1.807) is 0 Å².